The molecule has 0 aromatic heterocycles. The number of hydrogen-bond acceptors (Lipinski definition) is 7. The summed E-state index contributed by atoms with van der Waals surface area (Å²) in [7, 11) is 0. The molecule has 0 bridgehead atoms. The van der Waals surface area contributed by atoms with Gasteiger partial charge in [-0.1, -0.05) is 32.0 Å². The largest absolute Gasteiger partial charge is 0.444 e. The predicted octanol–water partition coefficient (Wildman–Crippen LogP) is 5.80. The van der Waals surface area contributed by atoms with Crippen molar-refractivity contribution in [3.63, 3.8) is 0 Å². The van der Waals surface area contributed by atoms with Gasteiger partial charge in [0.05, 0.1) is 0 Å². The van der Waals surface area contributed by atoms with Crippen molar-refractivity contribution in [2.24, 2.45) is 11.8 Å². The highest BCUT2D eigenvalue weighted by molar-refractivity contribution is 6.06. The smallest absolute Gasteiger partial charge is 0.418 e. The van der Waals surface area contributed by atoms with Gasteiger partial charge in [-0.05, 0) is 87.3 Å². The second kappa shape index (κ2) is 13.6. The highest BCUT2D eigenvalue weighted by atomic mass is 19.4. The number of benzene rings is 2. The highest BCUT2D eigenvalue weighted by Gasteiger charge is 2.59. The van der Waals surface area contributed by atoms with Crippen LogP contribution in [-0.4, -0.2) is 70.1 Å². The van der Waals surface area contributed by atoms with Crippen LogP contribution in [0.4, 0.5) is 32.8 Å². The standard InChI is InChI=1S/C35H40F4N4O7/c1-19(2)27(41-31(47)49-33(3,4)5)29(45)40-24-12-13-25-22(16-24)14-15-34(25)30(46)43(32(48)50-34)18-26(44)42(17-20-6-10-23(36)11-7-20)28(21-8-9-21)35(37,38)39/h6-7,10-13,16,19,21,27-28H,8-9,14-15,17-18H2,1-5H3,(H,40,45)(H,41,47)/t27-,28-,34?/m1/s1. The molecule has 50 heavy (non-hydrogen) atoms. The minimum Gasteiger partial charge on any atom is -0.444 e. The molecule has 11 nitrogen and oxygen atoms in total. The molecule has 15 heteroatoms. The fourth-order valence-corrected chi connectivity index (χ4v) is 6.39. The molecule has 2 fully saturated rings. The molecule has 1 saturated carbocycles. The van der Waals surface area contributed by atoms with Gasteiger partial charge in [0.1, 0.15) is 30.0 Å². The number of anilines is 1. The second-order valence-electron chi connectivity index (χ2n) is 14.3. The third kappa shape index (κ3) is 7.86. The van der Waals surface area contributed by atoms with E-state index in [1.54, 1.807) is 40.7 Å². The Bertz CT molecular complexity index is 1670. The van der Waals surface area contributed by atoms with Crippen molar-refractivity contribution in [2.45, 2.75) is 96.3 Å². The molecular weight excluding hydrogens is 664 g/mol. The Kier molecular flexibility index (Phi) is 9.92. The first-order valence-corrected chi connectivity index (χ1v) is 16.4. The van der Waals surface area contributed by atoms with Gasteiger partial charge in [0.25, 0.3) is 5.91 Å². The van der Waals surface area contributed by atoms with E-state index < -0.39 is 84.2 Å². The lowest BCUT2D eigenvalue weighted by Gasteiger charge is -2.34. The van der Waals surface area contributed by atoms with E-state index >= 15 is 0 Å². The van der Waals surface area contributed by atoms with E-state index in [2.05, 4.69) is 10.6 Å². The predicted molar refractivity (Wildman–Crippen MR) is 171 cm³/mol. The third-order valence-electron chi connectivity index (χ3n) is 8.87. The SMILES string of the molecule is CC(C)[C@@H](NC(=O)OC(C)(C)C)C(=O)Nc1ccc2c(c1)CCC21OC(=O)N(CC(=O)N(Cc2ccc(F)cc2)[C@H](C2CC2)C(F)(F)F)C1=O. The first-order chi connectivity index (χ1) is 23.3. The van der Waals surface area contributed by atoms with Crippen molar-refractivity contribution in [3.05, 3.63) is 65.0 Å². The van der Waals surface area contributed by atoms with Crippen LogP contribution in [0.3, 0.4) is 0 Å². The van der Waals surface area contributed by atoms with Crippen molar-refractivity contribution < 1.29 is 51.0 Å². The minimum atomic E-state index is -4.79. The van der Waals surface area contributed by atoms with Gasteiger partial charge in [-0.3, -0.25) is 14.4 Å². The number of ether oxygens (including phenoxy) is 2. The van der Waals surface area contributed by atoms with Crippen LogP contribution in [0.25, 0.3) is 0 Å². The molecule has 270 valence electrons. The van der Waals surface area contributed by atoms with Gasteiger partial charge in [-0.15, -0.1) is 0 Å². The molecule has 3 atom stereocenters. The molecule has 5 amide bonds. The quantitative estimate of drug-likeness (QED) is 0.299. The van der Waals surface area contributed by atoms with E-state index in [-0.39, 0.29) is 37.2 Å². The lowest BCUT2D eigenvalue weighted by molar-refractivity contribution is -0.196. The van der Waals surface area contributed by atoms with E-state index in [1.165, 1.54) is 24.3 Å². The Morgan fingerprint density at radius 2 is 1.72 bits per heavy atom. The number of alkyl carbamates (subject to hydrolysis) is 1. The van der Waals surface area contributed by atoms with E-state index in [1.807, 2.05) is 0 Å². The van der Waals surface area contributed by atoms with Gasteiger partial charge >= 0.3 is 18.4 Å². The van der Waals surface area contributed by atoms with E-state index in [0.29, 0.717) is 26.6 Å². The molecule has 1 unspecified atom stereocenters. The van der Waals surface area contributed by atoms with Crippen LogP contribution in [0.2, 0.25) is 0 Å². The molecule has 5 rings (SSSR count). The van der Waals surface area contributed by atoms with Crippen LogP contribution >= 0.6 is 0 Å². The molecule has 1 heterocycles. The van der Waals surface area contributed by atoms with Crippen LogP contribution in [0, 0.1) is 17.7 Å². The molecule has 1 saturated heterocycles. The molecule has 2 N–H and O–H groups in total. The number of aryl methyl sites for hydroxylation is 1. The average Bonchev–Trinajstić information content (AvgIpc) is 3.72. The van der Waals surface area contributed by atoms with Gasteiger partial charge in [-0.2, -0.15) is 13.2 Å². The number of carbonyl (C=O) groups is 5. The van der Waals surface area contributed by atoms with E-state index in [9.17, 15) is 41.5 Å². The number of nitrogens with one attached hydrogen (secondary N) is 2. The second-order valence-corrected chi connectivity index (χ2v) is 14.3. The molecule has 1 spiro atoms. The summed E-state index contributed by atoms with van der Waals surface area (Å²) in [5.74, 6) is -4.25. The van der Waals surface area contributed by atoms with Crippen molar-refractivity contribution in [1.82, 2.24) is 15.1 Å². The monoisotopic (exact) mass is 704 g/mol. The lowest BCUT2D eigenvalue weighted by atomic mass is 9.94. The Balaban J connectivity index is 1.32. The maximum absolute atomic E-state index is 14.3. The number of halogens is 4. The zero-order valence-electron chi connectivity index (χ0n) is 28.4. The zero-order valence-corrected chi connectivity index (χ0v) is 28.4. The van der Waals surface area contributed by atoms with Gasteiger partial charge < -0.3 is 25.0 Å². The average molecular weight is 705 g/mol. The van der Waals surface area contributed by atoms with Gasteiger partial charge in [0, 0.05) is 24.2 Å². The number of imide groups is 1. The Hall–Kier alpha value is -4.69. The van der Waals surface area contributed by atoms with Crippen LogP contribution < -0.4 is 10.6 Å². The number of alkyl halides is 3. The summed E-state index contributed by atoms with van der Waals surface area (Å²) in [6, 6.07) is 6.20. The van der Waals surface area contributed by atoms with E-state index in [4.69, 9.17) is 9.47 Å². The summed E-state index contributed by atoms with van der Waals surface area (Å²) in [6.07, 6.45) is -5.95. The zero-order chi connectivity index (χ0) is 36.8. The normalized spacial score (nSPS) is 20.0. The molecule has 2 aliphatic carbocycles. The number of hydrogen-bond donors (Lipinski definition) is 2. The van der Waals surface area contributed by atoms with Crippen LogP contribution in [0.15, 0.2) is 42.5 Å². The topological polar surface area (TPSA) is 134 Å². The fraction of sp³-hybridized carbons (Fsp3) is 0.514. The molecule has 3 aliphatic rings. The third-order valence-corrected chi connectivity index (χ3v) is 8.87. The van der Waals surface area contributed by atoms with E-state index in [0.717, 1.165) is 12.1 Å². The maximum atomic E-state index is 14.3. The lowest BCUT2D eigenvalue weighted by Crippen LogP contribution is -2.53. The number of carbonyl (C=O) groups excluding carboxylic acids is 5. The van der Waals surface area contributed by atoms with Gasteiger partial charge in [0.2, 0.25) is 17.4 Å². The summed E-state index contributed by atoms with van der Waals surface area (Å²) in [5.41, 5.74) is -1.08. The van der Waals surface area contributed by atoms with Crippen molar-refractivity contribution >= 4 is 35.6 Å². The maximum Gasteiger partial charge on any atom is 0.418 e. The molecule has 2 aromatic rings. The summed E-state index contributed by atoms with van der Waals surface area (Å²) in [5, 5.41) is 5.33. The minimum absolute atomic E-state index is 0.0103. The number of amides is 5. The fourth-order valence-electron chi connectivity index (χ4n) is 6.39. The summed E-state index contributed by atoms with van der Waals surface area (Å²) < 4.78 is 67.3. The van der Waals surface area contributed by atoms with Crippen LogP contribution in [0.5, 0.6) is 0 Å². The first kappa shape index (κ1) is 36.6. The summed E-state index contributed by atoms with van der Waals surface area (Å²) >= 11 is 0. The van der Waals surface area contributed by atoms with Crippen LogP contribution in [-0.2, 0) is 42.4 Å². The highest BCUT2D eigenvalue weighted by Crippen LogP contribution is 2.47. The molecule has 1 aliphatic heterocycles. The van der Waals surface area contributed by atoms with Crippen molar-refractivity contribution in [3.8, 4) is 0 Å². The molecule has 0 radical (unpaired) electrons. The van der Waals surface area contributed by atoms with Gasteiger partial charge in [0.15, 0.2) is 0 Å². The Labute approximate surface area is 286 Å². The summed E-state index contributed by atoms with van der Waals surface area (Å²) in [4.78, 5) is 67.1. The van der Waals surface area contributed by atoms with Crippen LogP contribution in [0.1, 0.15) is 70.6 Å². The van der Waals surface area contributed by atoms with Crippen molar-refractivity contribution in [2.75, 3.05) is 11.9 Å². The Morgan fingerprint density at radius 3 is 2.30 bits per heavy atom. The number of fused-ring (bicyclic) bond motifs is 2. The molecule has 2 aromatic carbocycles. The van der Waals surface area contributed by atoms with Crippen molar-refractivity contribution in [1.29, 1.82) is 0 Å². The van der Waals surface area contributed by atoms with Gasteiger partial charge in [-0.25, -0.2) is 18.9 Å². The Morgan fingerprint density at radius 1 is 1.06 bits per heavy atom. The first-order valence-electron chi connectivity index (χ1n) is 16.4. The molecular formula is C35H40F4N4O7. The number of nitrogens with zero attached hydrogens (tertiary/aromatic N) is 2. The number of rotatable bonds is 10. The summed E-state index contributed by atoms with van der Waals surface area (Å²) in [6.45, 7) is 7.10.